The van der Waals surface area contributed by atoms with Crippen molar-refractivity contribution in [2.75, 3.05) is 9.80 Å². The molecule has 2 aliphatic heterocycles. The van der Waals surface area contributed by atoms with E-state index >= 15 is 0 Å². The molecule has 6 nitrogen and oxygen atoms in total. The number of fused-ring (bicyclic) bond motifs is 8. The first kappa shape index (κ1) is 34.1. The van der Waals surface area contributed by atoms with Crippen molar-refractivity contribution in [1.29, 1.82) is 5.26 Å². The monoisotopic (exact) mass is 754 g/mol. The maximum absolute atomic E-state index is 10.3. The smallest absolute Gasteiger partial charge is 0.166 e. The van der Waals surface area contributed by atoms with Crippen LogP contribution in [0.25, 0.3) is 34.2 Å². The zero-order chi connectivity index (χ0) is 39.3. The molecule has 0 bridgehead atoms. The minimum absolute atomic E-state index is 0.479. The van der Waals surface area contributed by atoms with Crippen LogP contribution < -0.4 is 9.80 Å². The molecule has 59 heavy (non-hydrogen) atoms. The molecule has 1 spiro atoms. The Labute approximate surface area is 342 Å². The van der Waals surface area contributed by atoms with Gasteiger partial charge in [-0.05, 0) is 76.9 Å². The van der Waals surface area contributed by atoms with Gasteiger partial charge in [0.05, 0.1) is 45.5 Å². The number of benzene rings is 8. The van der Waals surface area contributed by atoms with Gasteiger partial charge in [0.1, 0.15) is 0 Å². The van der Waals surface area contributed by atoms with Crippen LogP contribution >= 0.6 is 0 Å². The van der Waals surface area contributed by atoms with E-state index < -0.39 is 5.41 Å². The Morgan fingerprint density at radius 1 is 0.373 bits per heavy atom. The highest BCUT2D eigenvalue weighted by atomic mass is 15.2. The maximum Gasteiger partial charge on any atom is 0.166 e. The second kappa shape index (κ2) is 13.8. The number of hydrogen-bond acceptors (Lipinski definition) is 6. The van der Waals surface area contributed by atoms with Crippen molar-refractivity contribution in [2.24, 2.45) is 0 Å². The number of aromatic nitrogens is 3. The van der Waals surface area contributed by atoms with Crippen molar-refractivity contribution in [1.82, 2.24) is 15.0 Å². The third-order valence-corrected chi connectivity index (χ3v) is 11.5. The predicted molar refractivity (Wildman–Crippen MR) is 236 cm³/mol. The van der Waals surface area contributed by atoms with Gasteiger partial charge in [-0.15, -0.1) is 0 Å². The molecule has 1 aromatic heterocycles. The first-order chi connectivity index (χ1) is 29.2. The molecule has 0 radical (unpaired) electrons. The van der Waals surface area contributed by atoms with Gasteiger partial charge in [0.25, 0.3) is 0 Å². The summed E-state index contributed by atoms with van der Waals surface area (Å²) < 4.78 is 0. The van der Waals surface area contributed by atoms with Crippen molar-refractivity contribution in [3.05, 3.63) is 234 Å². The summed E-state index contributed by atoms with van der Waals surface area (Å²) in [7, 11) is 0. The molecule has 2 aliphatic rings. The second-order valence-corrected chi connectivity index (χ2v) is 14.7. The van der Waals surface area contributed by atoms with E-state index in [2.05, 4.69) is 143 Å². The Balaban J connectivity index is 1.19. The molecule has 9 aromatic rings. The summed E-state index contributed by atoms with van der Waals surface area (Å²) in [6.07, 6.45) is 0. The van der Waals surface area contributed by atoms with Crippen LogP contribution in [0.1, 0.15) is 27.8 Å². The van der Waals surface area contributed by atoms with Gasteiger partial charge in [0.2, 0.25) is 0 Å². The van der Waals surface area contributed by atoms with Crippen molar-refractivity contribution < 1.29 is 0 Å². The zero-order valence-corrected chi connectivity index (χ0v) is 31.8. The van der Waals surface area contributed by atoms with Gasteiger partial charge in [-0.1, -0.05) is 152 Å². The number of nitriles is 1. The van der Waals surface area contributed by atoms with Crippen molar-refractivity contribution in [3.63, 3.8) is 0 Å². The minimum atomic E-state index is -0.678. The average molecular weight is 755 g/mol. The normalized spacial score (nSPS) is 13.1. The fourth-order valence-corrected chi connectivity index (χ4v) is 9.10. The third kappa shape index (κ3) is 5.30. The van der Waals surface area contributed by atoms with Crippen molar-refractivity contribution in [3.8, 4) is 40.2 Å². The van der Waals surface area contributed by atoms with E-state index in [-0.39, 0.29) is 0 Å². The summed E-state index contributed by atoms with van der Waals surface area (Å²) >= 11 is 0. The Morgan fingerprint density at radius 3 is 1.22 bits per heavy atom. The summed E-state index contributed by atoms with van der Waals surface area (Å²) in [6.45, 7) is 0. The summed E-state index contributed by atoms with van der Waals surface area (Å²) in [5.41, 5.74) is 13.2. The van der Waals surface area contributed by atoms with Gasteiger partial charge in [-0.3, -0.25) is 0 Å². The molecule has 0 amide bonds. The van der Waals surface area contributed by atoms with Gasteiger partial charge in [-0.2, -0.15) is 5.26 Å². The zero-order valence-electron chi connectivity index (χ0n) is 31.8. The van der Waals surface area contributed by atoms with E-state index in [9.17, 15) is 5.26 Å². The Bertz CT molecular complexity index is 2930. The van der Waals surface area contributed by atoms with Gasteiger partial charge in [0, 0.05) is 22.4 Å². The SMILES string of the molecule is N#Cc1ccc(N2c3ccccc3C3(c4ccccc4N(c4ccccc4)c4ccccc43)c3ccccc32)c(-c2nc(-c3ccccc3)nc(-c3ccccc3)n2)c1. The highest BCUT2D eigenvalue weighted by molar-refractivity contribution is 5.98. The Kier molecular flexibility index (Phi) is 7.99. The average Bonchev–Trinajstić information content (AvgIpc) is 3.32. The van der Waals surface area contributed by atoms with Crippen LogP contribution in [0.3, 0.4) is 0 Å². The number of nitrogens with zero attached hydrogens (tertiary/aromatic N) is 6. The van der Waals surface area contributed by atoms with E-state index in [1.165, 1.54) is 11.1 Å². The van der Waals surface area contributed by atoms with Crippen LogP contribution in [-0.2, 0) is 5.41 Å². The Morgan fingerprint density at radius 2 is 0.763 bits per heavy atom. The van der Waals surface area contributed by atoms with E-state index in [1.54, 1.807) is 0 Å². The molecule has 0 fully saturated rings. The highest BCUT2D eigenvalue weighted by Crippen LogP contribution is 2.64. The van der Waals surface area contributed by atoms with Crippen molar-refractivity contribution >= 4 is 34.1 Å². The lowest BCUT2D eigenvalue weighted by molar-refractivity contribution is 0.719. The molecule has 0 saturated carbocycles. The third-order valence-electron chi connectivity index (χ3n) is 11.5. The predicted octanol–water partition coefficient (Wildman–Crippen LogP) is 12.7. The van der Waals surface area contributed by atoms with Crippen LogP contribution in [0.5, 0.6) is 0 Å². The molecule has 3 heterocycles. The molecule has 0 saturated heterocycles. The lowest BCUT2D eigenvalue weighted by Gasteiger charge is -2.51. The first-order valence-corrected chi connectivity index (χ1v) is 19.7. The molecular weight excluding hydrogens is 721 g/mol. The van der Waals surface area contributed by atoms with Gasteiger partial charge in [-0.25, -0.2) is 15.0 Å². The van der Waals surface area contributed by atoms with Gasteiger partial charge >= 0.3 is 0 Å². The summed E-state index contributed by atoms with van der Waals surface area (Å²) in [5, 5.41) is 10.3. The van der Waals surface area contributed by atoms with Crippen LogP contribution in [0.15, 0.2) is 206 Å². The van der Waals surface area contributed by atoms with E-state index in [1.807, 2.05) is 78.9 Å². The molecule has 6 heteroatoms. The van der Waals surface area contributed by atoms with Gasteiger partial charge in [0.15, 0.2) is 17.5 Å². The molecule has 0 atom stereocenters. The second-order valence-electron chi connectivity index (χ2n) is 14.7. The highest BCUT2D eigenvalue weighted by Gasteiger charge is 2.51. The lowest BCUT2D eigenvalue weighted by Crippen LogP contribution is -2.42. The molecule has 8 aromatic carbocycles. The summed E-state index contributed by atoms with van der Waals surface area (Å²) in [6, 6.07) is 73.9. The molecule has 0 N–H and O–H groups in total. The Hall–Kier alpha value is -8.14. The number of anilines is 6. The van der Waals surface area contributed by atoms with Crippen LogP contribution in [-0.4, -0.2) is 15.0 Å². The lowest BCUT2D eigenvalue weighted by atomic mass is 9.60. The molecule has 276 valence electrons. The quantitative estimate of drug-likeness (QED) is 0.174. The van der Waals surface area contributed by atoms with E-state index in [0.29, 0.717) is 23.0 Å². The first-order valence-electron chi connectivity index (χ1n) is 19.7. The maximum atomic E-state index is 10.3. The van der Waals surface area contributed by atoms with Gasteiger partial charge < -0.3 is 9.80 Å². The number of hydrogen-bond donors (Lipinski definition) is 0. The van der Waals surface area contributed by atoms with Crippen LogP contribution in [0, 0.1) is 11.3 Å². The van der Waals surface area contributed by atoms with Crippen molar-refractivity contribution in [2.45, 2.75) is 5.41 Å². The number of rotatable bonds is 5. The largest absolute Gasteiger partial charge is 0.310 e. The molecule has 0 unspecified atom stereocenters. The van der Waals surface area contributed by atoms with E-state index in [0.717, 1.165) is 61.9 Å². The van der Waals surface area contributed by atoms with Crippen LogP contribution in [0.2, 0.25) is 0 Å². The number of para-hydroxylation sites is 5. The topological polar surface area (TPSA) is 68.9 Å². The minimum Gasteiger partial charge on any atom is -0.310 e. The fourth-order valence-electron chi connectivity index (χ4n) is 9.10. The summed E-state index contributed by atoms with van der Waals surface area (Å²) in [4.78, 5) is 20.0. The standard InChI is InChI=1S/C53H34N6/c54-35-36-32-33-45(40(34-36)52-56-50(37-18-4-1-5-19-37)55-51(57-52)38-20-6-2-7-21-38)59-48-30-16-12-26-43(48)53(44-27-13-17-31-49(44)59)41-24-10-14-28-46(41)58(39-22-8-3-9-23-39)47-29-15-11-25-42(47)53/h1-34H. The molecule has 11 rings (SSSR count). The van der Waals surface area contributed by atoms with Crippen LogP contribution in [0.4, 0.5) is 34.1 Å². The van der Waals surface area contributed by atoms with E-state index in [4.69, 9.17) is 15.0 Å². The fraction of sp³-hybridized carbons (Fsp3) is 0.0189. The molecular formula is C53H34N6. The summed E-state index contributed by atoms with van der Waals surface area (Å²) in [5.74, 6) is 1.59. The molecule has 0 aliphatic carbocycles.